The molecule has 0 saturated heterocycles. The lowest BCUT2D eigenvalue weighted by molar-refractivity contribution is 0.0526. The van der Waals surface area contributed by atoms with Crippen LogP contribution in [-0.4, -0.2) is 42.3 Å². The van der Waals surface area contributed by atoms with Crippen LogP contribution in [0.15, 0.2) is 45.8 Å². The first-order chi connectivity index (χ1) is 17.7. The normalized spacial score (nSPS) is 13.7. The van der Waals surface area contributed by atoms with Gasteiger partial charge in [-0.05, 0) is 63.6 Å². The summed E-state index contributed by atoms with van der Waals surface area (Å²) < 4.78 is 10.5. The van der Waals surface area contributed by atoms with Crippen LogP contribution in [0.25, 0.3) is 11.3 Å². The fourth-order valence-corrected chi connectivity index (χ4v) is 4.60. The molecule has 1 aromatic heterocycles. The molecule has 10 heteroatoms. The van der Waals surface area contributed by atoms with E-state index in [0.29, 0.717) is 38.7 Å². The molecular formula is C27H34Cl2N4O3S. The summed E-state index contributed by atoms with van der Waals surface area (Å²) in [6.07, 6.45) is 3.25. The summed E-state index contributed by atoms with van der Waals surface area (Å²) in [4.78, 5) is 14.0. The van der Waals surface area contributed by atoms with Gasteiger partial charge in [-0.15, -0.1) is 12.6 Å². The Bertz CT molecular complexity index is 1200. The van der Waals surface area contributed by atoms with Gasteiger partial charge in [-0.2, -0.15) is 0 Å². The zero-order valence-corrected chi connectivity index (χ0v) is 23.7. The van der Waals surface area contributed by atoms with Gasteiger partial charge in [0.05, 0.1) is 22.2 Å². The number of nitrogens with zero attached hydrogens (tertiary/aromatic N) is 2. The van der Waals surface area contributed by atoms with Crippen molar-refractivity contribution in [1.82, 2.24) is 10.1 Å². The molecule has 1 atom stereocenters. The minimum Gasteiger partial charge on any atom is -0.462 e. The molecule has 0 bridgehead atoms. The molecule has 7 nitrogen and oxygen atoms in total. The predicted octanol–water partition coefficient (Wildman–Crippen LogP) is 6.43. The van der Waals surface area contributed by atoms with E-state index in [4.69, 9.17) is 43.9 Å². The molecule has 1 unspecified atom stereocenters. The van der Waals surface area contributed by atoms with Crippen molar-refractivity contribution in [2.75, 3.05) is 25.9 Å². The number of rotatable bonds is 9. The number of hydrogen-bond acceptors (Lipinski definition) is 8. The number of halogens is 2. The Morgan fingerprint density at radius 2 is 1.92 bits per heavy atom. The second kappa shape index (κ2) is 13.5. The number of aromatic nitrogens is 1. The van der Waals surface area contributed by atoms with Gasteiger partial charge < -0.3 is 25.6 Å². The van der Waals surface area contributed by atoms with Gasteiger partial charge in [0, 0.05) is 46.8 Å². The molecule has 3 aromatic rings. The number of nitrogens with two attached hydrogens (primary N) is 2. The van der Waals surface area contributed by atoms with Crippen LogP contribution in [-0.2, 0) is 11.3 Å². The Morgan fingerprint density at radius 1 is 1.24 bits per heavy atom. The fraction of sp³-hybridized carbons (Fsp3) is 0.407. The van der Waals surface area contributed by atoms with E-state index in [1.807, 2.05) is 18.2 Å². The third kappa shape index (κ3) is 7.88. The lowest BCUT2D eigenvalue weighted by atomic mass is 10.0. The zero-order chi connectivity index (χ0) is 27.1. The van der Waals surface area contributed by atoms with Gasteiger partial charge in [0.1, 0.15) is 11.5 Å². The first-order valence-corrected chi connectivity index (χ1v) is 13.5. The minimum absolute atomic E-state index is 0.159. The Balaban J connectivity index is 0.000000248. The van der Waals surface area contributed by atoms with Crippen LogP contribution in [0.2, 0.25) is 10.0 Å². The van der Waals surface area contributed by atoms with Crippen LogP contribution < -0.4 is 11.5 Å². The quantitative estimate of drug-likeness (QED) is 0.156. The third-order valence-electron chi connectivity index (χ3n) is 6.01. The van der Waals surface area contributed by atoms with Crippen LogP contribution >= 0.6 is 35.8 Å². The maximum absolute atomic E-state index is 11.2. The molecule has 4 rings (SSSR count). The average molecular weight is 566 g/mol. The van der Waals surface area contributed by atoms with Gasteiger partial charge in [-0.25, -0.2) is 4.79 Å². The van der Waals surface area contributed by atoms with Crippen LogP contribution in [0.5, 0.6) is 0 Å². The Morgan fingerprint density at radius 3 is 2.49 bits per heavy atom. The number of esters is 1. The standard InChI is InChI=1S/C18H23Cl2N3O.C9H11NO2S/c1-3-12(21)9-23(2)10-13-17(22-24-18(13)11-7-8-11)16-14(19)5-4-6-15(16)20;1-2-12-9(11)6-3-4-7(10)8(13)5-6/h4-6,11-12H,3,7-10,21H2,1-2H3;3-5,13H,2,10H2,1H3. The second-order valence-corrected chi connectivity index (χ2v) is 10.4. The molecule has 0 radical (unpaired) electrons. The average Bonchev–Trinajstić information content (AvgIpc) is 3.62. The predicted molar refractivity (Wildman–Crippen MR) is 153 cm³/mol. The Hall–Kier alpha value is -2.23. The SMILES string of the molecule is CCC(N)CN(C)Cc1c(-c2c(Cl)cccc2Cl)noc1C1CC1.CCOC(=O)c1ccc(N)c(S)c1. The molecule has 0 amide bonds. The van der Waals surface area contributed by atoms with Crippen molar-refractivity contribution in [2.45, 2.75) is 56.5 Å². The second-order valence-electron chi connectivity index (χ2n) is 9.10. The lowest BCUT2D eigenvalue weighted by Gasteiger charge is -2.20. The molecule has 0 aliphatic heterocycles. The smallest absolute Gasteiger partial charge is 0.338 e. The highest BCUT2D eigenvalue weighted by atomic mass is 35.5. The van der Waals surface area contributed by atoms with E-state index in [-0.39, 0.29) is 12.0 Å². The van der Waals surface area contributed by atoms with E-state index in [1.165, 1.54) is 0 Å². The maximum Gasteiger partial charge on any atom is 0.338 e. The Kier molecular flexibility index (Phi) is 10.7. The van der Waals surface area contributed by atoms with E-state index >= 15 is 0 Å². The number of likely N-dealkylation sites (N-methyl/N-ethyl adjacent to an activating group) is 1. The number of hydrogen-bond donors (Lipinski definition) is 3. The highest BCUT2D eigenvalue weighted by Gasteiger charge is 2.33. The monoisotopic (exact) mass is 564 g/mol. The van der Waals surface area contributed by atoms with Crippen LogP contribution in [0.4, 0.5) is 5.69 Å². The van der Waals surface area contributed by atoms with E-state index in [9.17, 15) is 4.79 Å². The molecule has 1 saturated carbocycles. The molecule has 200 valence electrons. The van der Waals surface area contributed by atoms with Crippen LogP contribution in [0, 0.1) is 0 Å². The van der Waals surface area contributed by atoms with Gasteiger partial charge in [0.15, 0.2) is 0 Å². The number of carbonyl (C=O) groups is 1. The number of ether oxygens (including phenoxy) is 1. The summed E-state index contributed by atoms with van der Waals surface area (Å²) in [5, 5.41) is 5.50. The summed E-state index contributed by atoms with van der Waals surface area (Å²) in [6.45, 7) is 5.77. The van der Waals surface area contributed by atoms with Crippen molar-refractivity contribution in [1.29, 1.82) is 0 Å². The summed E-state index contributed by atoms with van der Waals surface area (Å²) in [6, 6.07) is 10.5. The van der Waals surface area contributed by atoms with Crippen LogP contribution in [0.3, 0.4) is 0 Å². The summed E-state index contributed by atoms with van der Waals surface area (Å²) in [7, 11) is 2.07. The topological polar surface area (TPSA) is 108 Å². The van der Waals surface area contributed by atoms with Gasteiger partial charge in [-0.1, -0.05) is 41.3 Å². The molecule has 2 aromatic carbocycles. The zero-order valence-electron chi connectivity index (χ0n) is 21.3. The van der Waals surface area contributed by atoms with Gasteiger partial charge in [-0.3, -0.25) is 0 Å². The molecule has 0 spiro atoms. The maximum atomic E-state index is 11.2. The first kappa shape index (κ1) is 29.3. The highest BCUT2D eigenvalue weighted by molar-refractivity contribution is 7.80. The highest BCUT2D eigenvalue weighted by Crippen LogP contribution is 2.46. The summed E-state index contributed by atoms with van der Waals surface area (Å²) in [5.41, 5.74) is 15.2. The van der Waals surface area contributed by atoms with Crippen molar-refractivity contribution in [3.05, 3.63) is 63.3 Å². The number of carbonyl (C=O) groups excluding carboxylic acids is 1. The minimum atomic E-state index is -0.349. The molecule has 1 fully saturated rings. The van der Waals surface area contributed by atoms with Crippen LogP contribution in [0.1, 0.15) is 60.7 Å². The largest absolute Gasteiger partial charge is 0.462 e. The Labute approximate surface area is 233 Å². The molecule has 1 heterocycles. The third-order valence-corrected chi connectivity index (χ3v) is 7.02. The van der Waals surface area contributed by atoms with Crippen molar-refractivity contribution in [3.8, 4) is 11.3 Å². The van der Waals surface area contributed by atoms with E-state index in [1.54, 1.807) is 25.1 Å². The first-order valence-electron chi connectivity index (χ1n) is 12.3. The molecule has 1 aliphatic carbocycles. The molecular weight excluding hydrogens is 531 g/mol. The van der Waals surface area contributed by atoms with Crippen molar-refractivity contribution in [3.63, 3.8) is 0 Å². The number of anilines is 1. The van der Waals surface area contributed by atoms with E-state index in [0.717, 1.165) is 54.9 Å². The van der Waals surface area contributed by atoms with Crippen molar-refractivity contribution in [2.24, 2.45) is 5.73 Å². The lowest BCUT2D eigenvalue weighted by Crippen LogP contribution is -2.34. The number of benzene rings is 2. The summed E-state index contributed by atoms with van der Waals surface area (Å²) >= 11 is 16.9. The summed E-state index contributed by atoms with van der Waals surface area (Å²) in [5.74, 6) is 1.09. The number of nitrogen functional groups attached to an aromatic ring is 1. The van der Waals surface area contributed by atoms with E-state index < -0.39 is 0 Å². The number of thiol groups is 1. The fourth-order valence-electron chi connectivity index (χ4n) is 3.81. The molecule has 1 aliphatic rings. The van der Waals surface area contributed by atoms with E-state index in [2.05, 4.69) is 36.7 Å². The van der Waals surface area contributed by atoms with Crippen molar-refractivity contribution >= 4 is 47.5 Å². The van der Waals surface area contributed by atoms with Crippen molar-refractivity contribution < 1.29 is 14.1 Å². The van der Waals surface area contributed by atoms with Gasteiger partial charge >= 0.3 is 5.97 Å². The van der Waals surface area contributed by atoms with Gasteiger partial charge in [0.2, 0.25) is 0 Å². The molecule has 37 heavy (non-hydrogen) atoms. The molecule has 4 N–H and O–H groups in total. The van der Waals surface area contributed by atoms with Gasteiger partial charge in [0.25, 0.3) is 0 Å².